The SMILES string of the molecule is CCn1nc(-c2ccnc(Nc3cccc(O)c3)n2)c2ccccc21. The Morgan fingerprint density at radius 3 is 2.80 bits per heavy atom. The first-order chi connectivity index (χ1) is 12.2. The van der Waals surface area contributed by atoms with Crippen molar-refractivity contribution < 1.29 is 5.11 Å². The normalized spacial score (nSPS) is 10.9. The summed E-state index contributed by atoms with van der Waals surface area (Å²) >= 11 is 0. The van der Waals surface area contributed by atoms with Crippen LogP contribution in [-0.4, -0.2) is 24.9 Å². The largest absolute Gasteiger partial charge is 0.508 e. The number of para-hydroxylation sites is 1. The number of rotatable bonds is 4. The number of aryl methyl sites for hydroxylation is 1. The average Bonchev–Trinajstić information content (AvgIpc) is 3.01. The van der Waals surface area contributed by atoms with Crippen molar-refractivity contribution in [1.29, 1.82) is 0 Å². The second-order valence-electron chi connectivity index (χ2n) is 5.62. The third kappa shape index (κ3) is 2.89. The number of phenolic OH excluding ortho intramolecular Hbond substituents is 1. The molecule has 0 fully saturated rings. The summed E-state index contributed by atoms with van der Waals surface area (Å²) in [4.78, 5) is 8.84. The fourth-order valence-electron chi connectivity index (χ4n) is 2.82. The molecule has 2 aromatic carbocycles. The van der Waals surface area contributed by atoms with E-state index < -0.39 is 0 Å². The van der Waals surface area contributed by atoms with Gasteiger partial charge in [-0.1, -0.05) is 24.3 Å². The second-order valence-corrected chi connectivity index (χ2v) is 5.62. The number of phenols is 1. The van der Waals surface area contributed by atoms with Gasteiger partial charge in [-0.25, -0.2) is 9.97 Å². The van der Waals surface area contributed by atoms with E-state index in [1.807, 2.05) is 35.0 Å². The van der Waals surface area contributed by atoms with Crippen molar-refractivity contribution in [2.24, 2.45) is 0 Å². The Labute approximate surface area is 144 Å². The van der Waals surface area contributed by atoms with Crippen molar-refractivity contribution >= 4 is 22.5 Å². The Morgan fingerprint density at radius 1 is 1.08 bits per heavy atom. The molecular weight excluding hydrogens is 314 g/mol. The third-order valence-corrected chi connectivity index (χ3v) is 3.96. The van der Waals surface area contributed by atoms with Gasteiger partial charge in [-0.15, -0.1) is 0 Å². The van der Waals surface area contributed by atoms with Gasteiger partial charge in [-0.05, 0) is 31.2 Å². The summed E-state index contributed by atoms with van der Waals surface area (Å²) in [7, 11) is 0. The highest BCUT2D eigenvalue weighted by Crippen LogP contribution is 2.27. The van der Waals surface area contributed by atoms with Crippen LogP contribution in [0.15, 0.2) is 60.8 Å². The topological polar surface area (TPSA) is 75.9 Å². The van der Waals surface area contributed by atoms with Crippen molar-refractivity contribution in [2.75, 3.05) is 5.32 Å². The van der Waals surface area contributed by atoms with Crippen LogP contribution in [0.4, 0.5) is 11.6 Å². The Morgan fingerprint density at radius 2 is 1.96 bits per heavy atom. The molecule has 0 amide bonds. The van der Waals surface area contributed by atoms with Crippen LogP contribution in [0.5, 0.6) is 5.75 Å². The van der Waals surface area contributed by atoms with Gasteiger partial charge in [-0.2, -0.15) is 5.10 Å². The zero-order valence-corrected chi connectivity index (χ0v) is 13.7. The Balaban J connectivity index is 1.75. The fourth-order valence-corrected chi connectivity index (χ4v) is 2.82. The molecule has 0 atom stereocenters. The van der Waals surface area contributed by atoms with Crippen molar-refractivity contribution in [3.8, 4) is 17.1 Å². The maximum atomic E-state index is 9.58. The molecule has 0 saturated heterocycles. The predicted molar refractivity (Wildman–Crippen MR) is 97.8 cm³/mol. The van der Waals surface area contributed by atoms with Crippen LogP contribution in [0.1, 0.15) is 6.92 Å². The number of benzene rings is 2. The molecule has 2 aromatic heterocycles. The Hall–Kier alpha value is -3.41. The molecule has 0 saturated carbocycles. The highest BCUT2D eigenvalue weighted by atomic mass is 16.3. The summed E-state index contributed by atoms with van der Waals surface area (Å²) in [5, 5.41) is 18.4. The number of aromatic nitrogens is 4. The smallest absolute Gasteiger partial charge is 0.227 e. The van der Waals surface area contributed by atoms with E-state index in [4.69, 9.17) is 5.10 Å². The maximum absolute atomic E-state index is 9.58. The van der Waals surface area contributed by atoms with Gasteiger partial charge in [-0.3, -0.25) is 4.68 Å². The van der Waals surface area contributed by atoms with Crippen molar-refractivity contribution in [3.05, 3.63) is 60.8 Å². The lowest BCUT2D eigenvalue weighted by Gasteiger charge is -2.06. The quantitative estimate of drug-likeness (QED) is 0.592. The zero-order chi connectivity index (χ0) is 17.2. The van der Waals surface area contributed by atoms with E-state index in [2.05, 4.69) is 28.3 Å². The Kier molecular flexibility index (Phi) is 3.78. The fraction of sp³-hybridized carbons (Fsp3) is 0.105. The van der Waals surface area contributed by atoms with E-state index in [1.165, 1.54) is 0 Å². The number of hydrogen-bond acceptors (Lipinski definition) is 5. The van der Waals surface area contributed by atoms with Gasteiger partial charge >= 0.3 is 0 Å². The van der Waals surface area contributed by atoms with Gasteiger partial charge in [0, 0.05) is 29.9 Å². The number of nitrogens with one attached hydrogen (secondary N) is 1. The number of fused-ring (bicyclic) bond motifs is 1. The van der Waals surface area contributed by atoms with Gasteiger partial charge in [0.2, 0.25) is 5.95 Å². The van der Waals surface area contributed by atoms with Crippen LogP contribution in [0, 0.1) is 0 Å². The molecule has 0 aliphatic rings. The van der Waals surface area contributed by atoms with E-state index in [9.17, 15) is 5.11 Å². The highest BCUT2D eigenvalue weighted by molar-refractivity contribution is 5.92. The summed E-state index contributed by atoms with van der Waals surface area (Å²) in [5.74, 6) is 0.645. The highest BCUT2D eigenvalue weighted by Gasteiger charge is 2.13. The summed E-state index contributed by atoms with van der Waals surface area (Å²) < 4.78 is 1.97. The summed E-state index contributed by atoms with van der Waals surface area (Å²) in [5.41, 5.74) is 3.39. The van der Waals surface area contributed by atoms with E-state index in [-0.39, 0.29) is 5.75 Å². The molecule has 2 N–H and O–H groups in total. The molecule has 6 nitrogen and oxygen atoms in total. The van der Waals surface area contributed by atoms with E-state index in [1.54, 1.807) is 24.4 Å². The van der Waals surface area contributed by atoms with Gasteiger partial charge in [0.1, 0.15) is 11.4 Å². The van der Waals surface area contributed by atoms with Crippen LogP contribution < -0.4 is 5.32 Å². The van der Waals surface area contributed by atoms with Crippen LogP contribution in [0.3, 0.4) is 0 Å². The van der Waals surface area contributed by atoms with Crippen molar-refractivity contribution in [2.45, 2.75) is 13.5 Å². The first-order valence-electron chi connectivity index (χ1n) is 8.09. The lowest BCUT2D eigenvalue weighted by atomic mass is 10.1. The first-order valence-corrected chi connectivity index (χ1v) is 8.09. The third-order valence-electron chi connectivity index (χ3n) is 3.96. The molecule has 4 rings (SSSR count). The van der Waals surface area contributed by atoms with Crippen LogP contribution >= 0.6 is 0 Å². The van der Waals surface area contributed by atoms with Crippen molar-refractivity contribution in [3.63, 3.8) is 0 Å². The zero-order valence-electron chi connectivity index (χ0n) is 13.7. The molecule has 0 aliphatic heterocycles. The number of nitrogens with zero attached hydrogens (tertiary/aromatic N) is 4. The molecule has 0 spiro atoms. The number of aromatic hydroxyl groups is 1. The first kappa shape index (κ1) is 15.1. The minimum atomic E-state index is 0.189. The number of anilines is 2. The van der Waals surface area contributed by atoms with Crippen LogP contribution in [0.2, 0.25) is 0 Å². The minimum absolute atomic E-state index is 0.189. The lowest BCUT2D eigenvalue weighted by molar-refractivity contribution is 0.475. The summed E-state index contributed by atoms with van der Waals surface area (Å²) in [6.07, 6.45) is 1.70. The molecule has 0 unspecified atom stereocenters. The molecule has 4 aromatic rings. The van der Waals surface area contributed by atoms with Gasteiger partial charge in [0.25, 0.3) is 0 Å². The molecule has 0 bridgehead atoms. The molecular formula is C19H17N5O. The molecule has 0 aliphatic carbocycles. The maximum Gasteiger partial charge on any atom is 0.227 e. The van der Waals surface area contributed by atoms with E-state index >= 15 is 0 Å². The molecule has 6 heteroatoms. The molecule has 0 radical (unpaired) electrons. The average molecular weight is 331 g/mol. The second kappa shape index (κ2) is 6.24. The van der Waals surface area contributed by atoms with Crippen LogP contribution in [-0.2, 0) is 6.54 Å². The van der Waals surface area contributed by atoms with E-state index in [0.717, 1.165) is 34.5 Å². The van der Waals surface area contributed by atoms with Gasteiger partial charge in [0.05, 0.1) is 11.2 Å². The molecule has 124 valence electrons. The Bertz CT molecular complexity index is 1040. The number of hydrogen-bond donors (Lipinski definition) is 2. The van der Waals surface area contributed by atoms with Crippen LogP contribution in [0.25, 0.3) is 22.3 Å². The van der Waals surface area contributed by atoms with Gasteiger partial charge in [0.15, 0.2) is 0 Å². The lowest BCUT2D eigenvalue weighted by Crippen LogP contribution is -1.99. The summed E-state index contributed by atoms with van der Waals surface area (Å²) in [6, 6.07) is 16.8. The summed E-state index contributed by atoms with van der Waals surface area (Å²) in [6.45, 7) is 2.86. The van der Waals surface area contributed by atoms with Crippen molar-refractivity contribution in [1.82, 2.24) is 19.7 Å². The standard InChI is InChI=1S/C19H17N5O/c1-2-24-17-9-4-3-8-15(17)18(23-24)16-10-11-20-19(22-16)21-13-6-5-7-14(25)12-13/h3-12,25H,2H2,1H3,(H,20,21,22). The predicted octanol–water partition coefficient (Wildman–Crippen LogP) is 3.96. The monoisotopic (exact) mass is 331 g/mol. The molecule has 25 heavy (non-hydrogen) atoms. The molecule has 2 heterocycles. The van der Waals surface area contributed by atoms with Gasteiger partial charge < -0.3 is 10.4 Å². The van der Waals surface area contributed by atoms with E-state index in [0.29, 0.717) is 5.95 Å². The minimum Gasteiger partial charge on any atom is -0.508 e.